The van der Waals surface area contributed by atoms with Crippen molar-refractivity contribution in [3.05, 3.63) is 58.8 Å². The van der Waals surface area contributed by atoms with Crippen molar-refractivity contribution in [3.63, 3.8) is 0 Å². The molecule has 1 aromatic heterocycles. The molecule has 0 radical (unpaired) electrons. The van der Waals surface area contributed by atoms with Crippen molar-refractivity contribution in [2.45, 2.75) is 12.5 Å². The van der Waals surface area contributed by atoms with Crippen molar-refractivity contribution < 1.29 is 8.81 Å². The molecule has 90 valence electrons. The topological polar surface area (TPSA) is 51.2 Å². The van der Waals surface area contributed by atoms with Gasteiger partial charge in [0.1, 0.15) is 11.6 Å². The number of hydrogen-bond acceptors (Lipinski definition) is 3. The highest BCUT2D eigenvalue weighted by Crippen LogP contribution is 2.24. The summed E-state index contributed by atoms with van der Waals surface area (Å²) in [6, 6.07) is 7.60. The molecule has 1 heterocycles. The van der Waals surface area contributed by atoms with Gasteiger partial charge in [-0.15, -0.1) is 0 Å². The Labute approximate surface area is 103 Å². The normalized spacial score (nSPS) is 12.6. The largest absolute Gasteiger partial charge is 0.469 e. The molecule has 1 aromatic carbocycles. The zero-order valence-electron chi connectivity index (χ0n) is 8.99. The number of hydrogen-bond donors (Lipinski definition) is 2. The molecule has 0 spiro atoms. The Bertz CT molecular complexity index is 487. The Kier molecular flexibility index (Phi) is 3.78. The maximum atomic E-state index is 13.7. The fourth-order valence-corrected chi connectivity index (χ4v) is 1.85. The van der Waals surface area contributed by atoms with Gasteiger partial charge in [-0.3, -0.25) is 11.3 Å². The van der Waals surface area contributed by atoms with Crippen LogP contribution >= 0.6 is 11.6 Å². The molecule has 0 bridgehead atoms. The molecule has 0 aliphatic heterocycles. The number of nitrogens with one attached hydrogen (secondary N) is 1. The second-order valence-electron chi connectivity index (χ2n) is 3.67. The molecule has 5 heteroatoms. The Morgan fingerprint density at radius 2 is 2.24 bits per heavy atom. The minimum absolute atomic E-state index is 0.344. The van der Waals surface area contributed by atoms with Crippen LogP contribution in [0.15, 0.2) is 41.0 Å². The summed E-state index contributed by atoms with van der Waals surface area (Å²) in [6.07, 6.45) is 2.03. The van der Waals surface area contributed by atoms with Gasteiger partial charge in [-0.2, -0.15) is 0 Å². The lowest BCUT2D eigenvalue weighted by Gasteiger charge is -2.16. The van der Waals surface area contributed by atoms with E-state index in [4.69, 9.17) is 21.9 Å². The third-order valence-electron chi connectivity index (χ3n) is 2.52. The summed E-state index contributed by atoms with van der Waals surface area (Å²) in [5.74, 6) is 5.82. The van der Waals surface area contributed by atoms with Gasteiger partial charge in [-0.05, 0) is 30.3 Å². The van der Waals surface area contributed by atoms with Gasteiger partial charge in [0.05, 0.1) is 12.3 Å². The number of furan rings is 1. The van der Waals surface area contributed by atoms with Gasteiger partial charge in [0.2, 0.25) is 0 Å². The number of hydrazine groups is 1. The molecular formula is C12H12ClFN2O. The summed E-state index contributed by atoms with van der Waals surface area (Å²) >= 11 is 5.84. The lowest BCUT2D eigenvalue weighted by atomic mass is 10.0. The molecule has 1 atom stereocenters. The summed E-state index contributed by atoms with van der Waals surface area (Å²) in [6.45, 7) is 0. The van der Waals surface area contributed by atoms with Crippen LogP contribution in [-0.2, 0) is 6.42 Å². The van der Waals surface area contributed by atoms with Gasteiger partial charge in [0, 0.05) is 17.0 Å². The molecule has 0 saturated carbocycles. The fourth-order valence-electron chi connectivity index (χ4n) is 1.67. The second-order valence-corrected chi connectivity index (χ2v) is 4.11. The monoisotopic (exact) mass is 254 g/mol. The SMILES string of the molecule is NNC(Cc1ccco1)c1cc(Cl)ccc1F. The molecule has 1 unspecified atom stereocenters. The van der Waals surface area contributed by atoms with Gasteiger partial charge in [-0.1, -0.05) is 11.6 Å². The minimum Gasteiger partial charge on any atom is -0.469 e. The number of halogens is 2. The van der Waals surface area contributed by atoms with E-state index < -0.39 is 0 Å². The highest BCUT2D eigenvalue weighted by Gasteiger charge is 2.16. The summed E-state index contributed by atoms with van der Waals surface area (Å²) in [5, 5.41) is 0.473. The predicted molar refractivity (Wildman–Crippen MR) is 63.9 cm³/mol. The first kappa shape index (κ1) is 12.1. The standard InChI is InChI=1S/C12H12ClFN2O/c13-8-3-4-11(14)10(6-8)12(16-15)7-9-2-1-5-17-9/h1-6,12,16H,7,15H2. The van der Waals surface area contributed by atoms with Crippen molar-refractivity contribution in [1.82, 2.24) is 5.43 Å². The fraction of sp³-hybridized carbons (Fsp3) is 0.167. The zero-order valence-corrected chi connectivity index (χ0v) is 9.75. The van der Waals surface area contributed by atoms with Crippen molar-refractivity contribution >= 4 is 11.6 Å². The van der Waals surface area contributed by atoms with Gasteiger partial charge in [0.25, 0.3) is 0 Å². The first-order chi connectivity index (χ1) is 8.20. The van der Waals surface area contributed by atoms with E-state index in [-0.39, 0.29) is 11.9 Å². The second kappa shape index (κ2) is 5.31. The summed E-state index contributed by atoms with van der Waals surface area (Å²) in [5.41, 5.74) is 2.99. The van der Waals surface area contributed by atoms with Crippen LogP contribution in [0.1, 0.15) is 17.4 Å². The molecule has 0 saturated heterocycles. The van der Waals surface area contributed by atoms with Crippen LogP contribution in [0.3, 0.4) is 0 Å². The molecular weight excluding hydrogens is 243 g/mol. The van der Waals surface area contributed by atoms with Gasteiger partial charge in [-0.25, -0.2) is 4.39 Å². The van der Waals surface area contributed by atoms with Crippen LogP contribution in [0.4, 0.5) is 4.39 Å². The summed E-state index contributed by atoms with van der Waals surface area (Å²) in [4.78, 5) is 0. The van der Waals surface area contributed by atoms with Crippen molar-refractivity contribution in [1.29, 1.82) is 0 Å². The maximum absolute atomic E-state index is 13.7. The van der Waals surface area contributed by atoms with Crippen LogP contribution in [0.5, 0.6) is 0 Å². The molecule has 2 aromatic rings. The maximum Gasteiger partial charge on any atom is 0.128 e. The third-order valence-corrected chi connectivity index (χ3v) is 2.76. The number of rotatable bonds is 4. The highest BCUT2D eigenvalue weighted by molar-refractivity contribution is 6.30. The predicted octanol–water partition coefficient (Wildman–Crippen LogP) is 2.82. The average Bonchev–Trinajstić information content (AvgIpc) is 2.82. The quantitative estimate of drug-likeness (QED) is 0.652. The number of nitrogens with two attached hydrogens (primary N) is 1. The molecule has 0 aliphatic carbocycles. The molecule has 17 heavy (non-hydrogen) atoms. The number of benzene rings is 1. The Balaban J connectivity index is 2.25. The van der Waals surface area contributed by atoms with E-state index in [0.717, 1.165) is 5.76 Å². The van der Waals surface area contributed by atoms with E-state index in [1.165, 1.54) is 12.1 Å². The Hall–Kier alpha value is -1.36. The van der Waals surface area contributed by atoms with Gasteiger partial charge in [0.15, 0.2) is 0 Å². The third kappa shape index (κ3) is 2.85. The van der Waals surface area contributed by atoms with Crippen molar-refractivity contribution in [2.24, 2.45) is 5.84 Å². The summed E-state index contributed by atoms with van der Waals surface area (Å²) < 4.78 is 18.9. The molecule has 3 nitrogen and oxygen atoms in total. The van der Waals surface area contributed by atoms with E-state index in [1.54, 1.807) is 18.4 Å². The van der Waals surface area contributed by atoms with Crippen LogP contribution < -0.4 is 11.3 Å². The van der Waals surface area contributed by atoms with Gasteiger partial charge >= 0.3 is 0 Å². The van der Waals surface area contributed by atoms with E-state index in [1.807, 2.05) is 6.07 Å². The van der Waals surface area contributed by atoms with E-state index in [9.17, 15) is 4.39 Å². The molecule has 2 rings (SSSR count). The van der Waals surface area contributed by atoms with Crippen LogP contribution in [-0.4, -0.2) is 0 Å². The van der Waals surface area contributed by atoms with Gasteiger partial charge < -0.3 is 4.42 Å². The van der Waals surface area contributed by atoms with E-state index in [2.05, 4.69) is 5.43 Å². The zero-order chi connectivity index (χ0) is 12.3. The lowest BCUT2D eigenvalue weighted by molar-refractivity contribution is 0.443. The molecule has 0 amide bonds. The smallest absolute Gasteiger partial charge is 0.128 e. The van der Waals surface area contributed by atoms with Crippen molar-refractivity contribution in [2.75, 3.05) is 0 Å². The van der Waals surface area contributed by atoms with E-state index in [0.29, 0.717) is 17.0 Å². The molecule has 0 aliphatic rings. The first-order valence-electron chi connectivity index (χ1n) is 5.14. The van der Waals surface area contributed by atoms with Crippen LogP contribution in [0, 0.1) is 5.82 Å². The first-order valence-corrected chi connectivity index (χ1v) is 5.52. The minimum atomic E-state index is -0.375. The Morgan fingerprint density at radius 1 is 1.41 bits per heavy atom. The van der Waals surface area contributed by atoms with Crippen molar-refractivity contribution in [3.8, 4) is 0 Å². The highest BCUT2D eigenvalue weighted by atomic mass is 35.5. The lowest BCUT2D eigenvalue weighted by Crippen LogP contribution is -2.30. The van der Waals surface area contributed by atoms with Crippen LogP contribution in [0.2, 0.25) is 5.02 Å². The summed E-state index contributed by atoms with van der Waals surface area (Å²) in [7, 11) is 0. The van der Waals surface area contributed by atoms with Crippen LogP contribution in [0.25, 0.3) is 0 Å². The average molecular weight is 255 g/mol. The Morgan fingerprint density at radius 3 is 2.88 bits per heavy atom. The molecule has 3 N–H and O–H groups in total. The van der Waals surface area contributed by atoms with E-state index >= 15 is 0 Å². The molecule has 0 fully saturated rings.